The van der Waals surface area contributed by atoms with E-state index in [4.69, 9.17) is 0 Å². The van der Waals surface area contributed by atoms with Crippen molar-refractivity contribution in [2.75, 3.05) is 6.54 Å². The zero-order valence-electron chi connectivity index (χ0n) is 11.9. The van der Waals surface area contributed by atoms with Crippen LogP contribution in [0.3, 0.4) is 0 Å². The summed E-state index contributed by atoms with van der Waals surface area (Å²) >= 11 is 0. The number of nitrogens with one attached hydrogen (secondary N) is 2. The second kappa shape index (κ2) is 8.19. The Balaban J connectivity index is 2.47. The lowest BCUT2D eigenvalue weighted by atomic mass is 10.1. The summed E-state index contributed by atoms with van der Waals surface area (Å²) < 4.78 is 0. The molecule has 1 aromatic carbocycles. The molecule has 0 spiro atoms. The third kappa shape index (κ3) is 6.22. The number of amides is 2. The Morgan fingerprint density at radius 1 is 1.20 bits per heavy atom. The number of carboxylic acid groups (broad SMARTS) is 1. The van der Waals surface area contributed by atoms with Crippen LogP contribution in [0, 0.1) is 5.92 Å². The minimum Gasteiger partial charge on any atom is -0.548 e. The van der Waals surface area contributed by atoms with E-state index in [9.17, 15) is 14.7 Å². The van der Waals surface area contributed by atoms with Crippen LogP contribution in [0.4, 0.5) is 4.79 Å². The lowest BCUT2D eigenvalue weighted by molar-refractivity contribution is -0.308. The first-order valence-corrected chi connectivity index (χ1v) is 6.78. The summed E-state index contributed by atoms with van der Waals surface area (Å²) in [7, 11) is 0. The topological polar surface area (TPSA) is 81.3 Å². The molecular formula is C15H21N2O3-. The van der Waals surface area contributed by atoms with Crippen molar-refractivity contribution < 1.29 is 14.7 Å². The van der Waals surface area contributed by atoms with Gasteiger partial charge in [0.1, 0.15) is 0 Å². The summed E-state index contributed by atoms with van der Waals surface area (Å²) in [6.45, 7) is 4.63. The van der Waals surface area contributed by atoms with Crippen molar-refractivity contribution in [3.8, 4) is 0 Å². The van der Waals surface area contributed by atoms with Gasteiger partial charge in [0.2, 0.25) is 0 Å². The van der Waals surface area contributed by atoms with E-state index in [1.54, 1.807) is 0 Å². The molecule has 0 saturated heterocycles. The van der Waals surface area contributed by atoms with Crippen LogP contribution >= 0.6 is 0 Å². The molecule has 0 aliphatic rings. The Kier molecular flexibility index (Phi) is 6.56. The van der Waals surface area contributed by atoms with Crippen LogP contribution in [0.5, 0.6) is 0 Å². The fraction of sp³-hybridized carbons (Fsp3) is 0.467. The van der Waals surface area contributed by atoms with Gasteiger partial charge in [0.05, 0.1) is 12.0 Å². The molecule has 110 valence electrons. The number of carboxylic acids is 1. The van der Waals surface area contributed by atoms with Gasteiger partial charge in [-0.05, 0) is 24.3 Å². The highest BCUT2D eigenvalue weighted by Crippen LogP contribution is 2.03. The van der Waals surface area contributed by atoms with Crippen LogP contribution in [0.1, 0.15) is 25.8 Å². The smallest absolute Gasteiger partial charge is 0.315 e. The number of hydrogen-bond donors (Lipinski definition) is 2. The first-order chi connectivity index (χ1) is 9.49. The number of urea groups is 1. The van der Waals surface area contributed by atoms with Gasteiger partial charge in [-0.2, -0.15) is 0 Å². The molecule has 0 saturated carbocycles. The predicted molar refractivity (Wildman–Crippen MR) is 74.9 cm³/mol. The molecule has 0 aromatic heterocycles. The van der Waals surface area contributed by atoms with E-state index in [1.807, 2.05) is 30.3 Å². The molecule has 5 heteroatoms. The van der Waals surface area contributed by atoms with Crippen molar-refractivity contribution in [3.63, 3.8) is 0 Å². The molecule has 0 aliphatic carbocycles. The maximum atomic E-state index is 11.6. The van der Waals surface area contributed by atoms with Gasteiger partial charge in [0, 0.05) is 6.54 Å². The summed E-state index contributed by atoms with van der Waals surface area (Å²) in [5.41, 5.74) is 0.837. The average molecular weight is 277 g/mol. The largest absolute Gasteiger partial charge is 0.548 e. The molecule has 1 atom stereocenters. The molecule has 0 unspecified atom stereocenters. The molecule has 0 radical (unpaired) electrons. The third-order valence-electron chi connectivity index (χ3n) is 2.88. The normalized spacial score (nSPS) is 11.9. The highest BCUT2D eigenvalue weighted by Gasteiger charge is 2.13. The van der Waals surface area contributed by atoms with Gasteiger partial charge in [-0.3, -0.25) is 0 Å². The van der Waals surface area contributed by atoms with E-state index in [0.29, 0.717) is 12.5 Å². The summed E-state index contributed by atoms with van der Waals surface area (Å²) in [5.74, 6) is -0.801. The molecular weight excluding hydrogens is 256 g/mol. The molecule has 5 nitrogen and oxygen atoms in total. The Bertz CT molecular complexity index is 432. The molecule has 1 aromatic rings. The molecule has 20 heavy (non-hydrogen) atoms. The third-order valence-corrected chi connectivity index (χ3v) is 2.88. The van der Waals surface area contributed by atoms with E-state index in [0.717, 1.165) is 12.0 Å². The van der Waals surface area contributed by atoms with Crippen molar-refractivity contribution in [2.24, 2.45) is 5.92 Å². The number of rotatable bonds is 7. The minimum absolute atomic E-state index is 0.209. The Labute approximate surface area is 119 Å². The molecule has 1 rings (SSSR count). The molecule has 2 N–H and O–H groups in total. The van der Waals surface area contributed by atoms with Crippen LogP contribution in [-0.2, 0) is 11.2 Å². The molecule has 0 heterocycles. The minimum atomic E-state index is -1.28. The fourth-order valence-corrected chi connectivity index (χ4v) is 1.73. The van der Waals surface area contributed by atoms with E-state index in [-0.39, 0.29) is 6.42 Å². The lowest BCUT2D eigenvalue weighted by Crippen LogP contribution is -2.52. The van der Waals surface area contributed by atoms with Crippen LogP contribution in [0.25, 0.3) is 0 Å². The van der Waals surface area contributed by atoms with Crippen molar-refractivity contribution in [3.05, 3.63) is 35.9 Å². The predicted octanol–water partition coefficient (Wildman–Crippen LogP) is 0.693. The number of benzene rings is 1. The summed E-state index contributed by atoms with van der Waals surface area (Å²) in [6.07, 6.45) is 1.06. The van der Waals surface area contributed by atoms with Crippen molar-refractivity contribution >= 4 is 12.0 Å². The number of hydrogen-bond acceptors (Lipinski definition) is 3. The van der Waals surface area contributed by atoms with E-state index < -0.39 is 18.0 Å². The zero-order chi connectivity index (χ0) is 15.0. The second-order valence-electron chi connectivity index (χ2n) is 5.14. The SMILES string of the molecule is CC(C)CCNC(=O)N[C@@H](Cc1ccccc1)C(=O)[O-]. The van der Waals surface area contributed by atoms with Gasteiger partial charge >= 0.3 is 6.03 Å². The van der Waals surface area contributed by atoms with Crippen molar-refractivity contribution in [2.45, 2.75) is 32.7 Å². The fourth-order valence-electron chi connectivity index (χ4n) is 1.73. The van der Waals surface area contributed by atoms with Crippen LogP contribution in [0.15, 0.2) is 30.3 Å². The first-order valence-electron chi connectivity index (χ1n) is 6.78. The maximum Gasteiger partial charge on any atom is 0.315 e. The standard InChI is InChI=1S/C15H22N2O3/c1-11(2)8-9-16-15(20)17-13(14(18)19)10-12-6-4-3-5-7-12/h3-7,11,13H,8-10H2,1-2H3,(H,18,19)(H2,16,17,20)/p-1/t13-/m0/s1. The number of carbonyl (C=O) groups excluding carboxylic acids is 2. The van der Waals surface area contributed by atoms with Gasteiger partial charge in [0.25, 0.3) is 0 Å². The molecule has 2 amide bonds. The first kappa shape index (κ1) is 16.0. The Morgan fingerprint density at radius 2 is 1.85 bits per heavy atom. The monoisotopic (exact) mass is 277 g/mol. The Morgan fingerprint density at radius 3 is 2.40 bits per heavy atom. The van der Waals surface area contributed by atoms with Crippen LogP contribution in [0.2, 0.25) is 0 Å². The number of carbonyl (C=O) groups is 2. The van der Waals surface area contributed by atoms with Gasteiger partial charge < -0.3 is 20.5 Å². The van der Waals surface area contributed by atoms with E-state index in [2.05, 4.69) is 24.5 Å². The van der Waals surface area contributed by atoms with E-state index >= 15 is 0 Å². The quantitative estimate of drug-likeness (QED) is 0.769. The van der Waals surface area contributed by atoms with Gasteiger partial charge in [-0.1, -0.05) is 44.2 Å². The average Bonchev–Trinajstić information content (AvgIpc) is 2.38. The highest BCUT2D eigenvalue weighted by atomic mass is 16.4. The lowest BCUT2D eigenvalue weighted by Gasteiger charge is -2.20. The molecule has 0 fully saturated rings. The van der Waals surface area contributed by atoms with E-state index in [1.165, 1.54) is 0 Å². The van der Waals surface area contributed by atoms with Crippen molar-refractivity contribution in [1.29, 1.82) is 0 Å². The van der Waals surface area contributed by atoms with Gasteiger partial charge in [-0.15, -0.1) is 0 Å². The maximum absolute atomic E-state index is 11.6. The zero-order valence-corrected chi connectivity index (χ0v) is 11.9. The molecule has 0 bridgehead atoms. The number of aliphatic carboxylic acids is 1. The molecule has 0 aliphatic heterocycles. The van der Waals surface area contributed by atoms with Crippen LogP contribution < -0.4 is 15.7 Å². The van der Waals surface area contributed by atoms with Gasteiger partial charge in [0.15, 0.2) is 0 Å². The highest BCUT2D eigenvalue weighted by molar-refractivity contribution is 5.81. The summed E-state index contributed by atoms with van der Waals surface area (Å²) in [4.78, 5) is 22.7. The van der Waals surface area contributed by atoms with Gasteiger partial charge in [-0.25, -0.2) is 4.79 Å². The Hall–Kier alpha value is -2.04. The second-order valence-corrected chi connectivity index (χ2v) is 5.14. The summed E-state index contributed by atoms with van der Waals surface area (Å²) in [6, 6.07) is 7.62. The van der Waals surface area contributed by atoms with Crippen LogP contribution in [-0.4, -0.2) is 24.6 Å². The summed E-state index contributed by atoms with van der Waals surface area (Å²) in [5, 5.41) is 16.1. The van der Waals surface area contributed by atoms with Crippen molar-refractivity contribution in [1.82, 2.24) is 10.6 Å².